The molecule has 7 nitrogen and oxygen atoms in total. The molecule has 2 heterocycles. The summed E-state index contributed by atoms with van der Waals surface area (Å²) in [7, 11) is 0. The molecule has 2 amide bonds. The maximum absolute atomic E-state index is 12.6. The van der Waals surface area contributed by atoms with Gasteiger partial charge in [-0.1, -0.05) is 29.8 Å². The maximum atomic E-state index is 12.6. The van der Waals surface area contributed by atoms with E-state index in [0.29, 0.717) is 36.7 Å². The summed E-state index contributed by atoms with van der Waals surface area (Å²) in [5.74, 6) is -0.657. The molecule has 0 aliphatic carbocycles. The molecule has 0 bridgehead atoms. The van der Waals surface area contributed by atoms with Crippen molar-refractivity contribution in [1.29, 1.82) is 0 Å². The van der Waals surface area contributed by atoms with Gasteiger partial charge in [-0.2, -0.15) is 0 Å². The zero-order valence-corrected chi connectivity index (χ0v) is 18.3. The van der Waals surface area contributed by atoms with Gasteiger partial charge in [0.1, 0.15) is 5.00 Å². The number of aryl methyl sites for hydroxylation is 1. The quantitative estimate of drug-likeness (QED) is 0.702. The lowest BCUT2D eigenvalue weighted by atomic mass is 10.0. The summed E-state index contributed by atoms with van der Waals surface area (Å²) in [5, 5.41) is 3.36. The SMILES string of the molecule is CCOC(=O)c1c(NC(=O)Cc2ccc(C)cc2)sc2c1CCN(C(=O)OCC)C2. The third-order valence-electron chi connectivity index (χ3n) is 4.80. The minimum atomic E-state index is -0.453. The number of carbonyl (C=O) groups excluding carboxylic acids is 3. The normalized spacial score (nSPS) is 12.8. The van der Waals surface area contributed by atoms with Gasteiger partial charge in [0, 0.05) is 11.4 Å². The van der Waals surface area contributed by atoms with E-state index in [-0.39, 0.29) is 25.0 Å². The van der Waals surface area contributed by atoms with E-state index in [1.807, 2.05) is 31.2 Å². The van der Waals surface area contributed by atoms with Gasteiger partial charge in [-0.25, -0.2) is 9.59 Å². The van der Waals surface area contributed by atoms with Crippen LogP contribution in [0.15, 0.2) is 24.3 Å². The second kappa shape index (κ2) is 9.75. The summed E-state index contributed by atoms with van der Waals surface area (Å²) in [6, 6.07) is 7.75. The first-order valence-electron chi connectivity index (χ1n) is 10.0. The maximum Gasteiger partial charge on any atom is 0.410 e. The number of anilines is 1. The lowest BCUT2D eigenvalue weighted by Crippen LogP contribution is -2.36. The Morgan fingerprint density at radius 2 is 1.80 bits per heavy atom. The van der Waals surface area contributed by atoms with Gasteiger partial charge < -0.3 is 19.7 Å². The number of nitrogens with one attached hydrogen (secondary N) is 1. The monoisotopic (exact) mass is 430 g/mol. The highest BCUT2D eigenvalue weighted by molar-refractivity contribution is 7.17. The topological polar surface area (TPSA) is 84.9 Å². The molecule has 1 aromatic carbocycles. The Kier molecular flexibility index (Phi) is 7.10. The number of fused-ring (bicyclic) bond motifs is 1. The number of nitrogens with zero attached hydrogens (tertiary/aromatic N) is 1. The first-order chi connectivity index (χ1) is 14.4. The van der Waals surface area contributed by atoms with Crippen LogP contribution in [-0.4, -0.2) is 42.6 Å². The number of esters is 1. The van der Waals surface area contributed by atoms with Gasteiger partial charge in [0.05, 0.1) is 31.7 Å². The van der Waals surface area contributed by atoms with Crippen molar-refractivity contribution in [3.8, 4) is 0 Å². The van der Waals surface area contributed by atoms with E-state index in [4.69, 9.17) is 9.47 Å². The van der Waals surface area contributed by atoms with Gasteiger partial charge in [0.25, 0.3) is 0 Å². The van der Waals surface area contributed by atoms with Crippen LogP contribution in [0.4, 0.5) is 9.80 Å². The summed E-state index contributed by atoms with van der Waals surface area (Å²) < 4.78 is 10.3. The number of ether oxygens (including phenoxy) is 2. The molecule has 30 heavy (non-hydrogen) atoms. The average molecular weight is 431 g/mol. The lowest BCUT2D eigenvalue weighted by molar-refractivity contribution is -0.115. The van der Waals surface area contributed by atoms with Crippen molar-refractivity contribution in [1.82, 2.24) is 4.90 Å². The number of amides is 2. The fraction of sp³-hybridized carbons (Fsp3) is 0.409. The fourth-order valence-electron chi connectivity index (χ4n) is 3.34. The highest BCUT2D eigenvalue weighted by Crippen LogP contribution is 2.38. The summed E-state index contributed by atoms with van der Waals surface area (Å²) >= 11 is 1.31. The Labute approximate surface area is 180 Å². The van der Waals surface area contributed by atoms with Crippen LogP contribution in [0.25, 0.3) is 0 Å². The fourth-order valence-corrected chi connectivity index (χ4v) is 4.61. The van der Waals surface area contributed by atoms with Crippen LogP contribution < -0.4 is 5.32 Å². The minimum Gasteiger partial charge on any atom is -0.462 e. The van der Waals surface area contributed by atoms with E-state index >= 15 is 0 Å². The van der Waals surface area contributed by atoms with Gasteiger partial charge in [-0.15, -0.1) is 11.3 Å². The van der Waals surface area contributed by atoms with Crippen molar-refractivity contribution >= 4 is 34.3 Å². The van der Waals surface area contributed by atoms with Gasteiger partial charge in [0.2, 0.25) is 5.91 Å². The van der Waals surface area contributed by atoms with Crippen LogP contribution in [-0.2, 0) is 33.7 Å². The van der Waals surface area contributed by atoms with Gasteiger partial charge in [-0.3, -0.25) is 4.79 Å². The highest BCUT2D eigenvalue weighted by atomic mass is 32.1. The Morgan fingerprint density at radius 1 is 1.10 bits per heavy atom. The van der Waals surface area contributed by atoms with Crippen LogP contribution in [0.3, 0.4) is 0 Å². The Morgan fingerprint density at radius 3 is 2.47 bits per heavy atom. The molecule has 0 atom stereocenters. The number of hydrogen-bond donors (Lipinski definition) is 1. The molecular weight excluding hydrogens is 404 g/mol. The highest BCUT2D eigenvalue weighted by Gasteiger charge is 2.31. The predicted molar refractivity (Wildman–Crippen MR) is 115 cm³/mol. The zero-order valence-electron chi connectivity index (χ0n) is 17.4. The second-order valence-corrected chi connectivity index (χ2v) is 8.11. The van der Waals surface area contributed by atoms with Crippen molar-refractivity contribution in [3.63, 3.8) is 0 Å². The molecule has 160 valence electrons. The van der Waals surface area contributed by atoms with E-state index in [0.717, 1.165) is 21.6 Å². The Balaban J connectivity index is 1.82. The van der Waals surface area contributed by atoms with E-state index in [1.54, 1.807) is 18.7 Å². The van der Waals surface area contributed by atoms with Gasteiger partial charge in [-0.05, 0) is 38.3 Å². The summed E-state index contributed by atoms with van der Waals surface area (Å²) in [6.07, 6.45) is 0.339. The van der Waals surface area contributed by atoms with Gasteiger partial charge >= 0.3 is 12.1 Å². The number of carbonyl (C=O) groups is 3. The second-order valence-electron chi connectivity index (χ2n) is 7.01. The first kappa shape index (κ1) is 21.8. The smallest absolute Gasteiger partial charge is 0.410 e. The predicted octanol–water partition coefficient (Wildman–Crippen LogP) is 3.93. The first-order valence-corrected chi connectivity index (χ1v) is 10.8. The average Bonchev–Trinajstić information content (AvgIpc) is 3.06. The Bertz CT molecular complexity index is 936. The third-order valence-corrected chi connectivity index (χ3v) is 5.93. The van der Waals surface area contributed by atoms with Crippen molar-refractivity contribution in [2.45, 2.75) is 40.2 Å². The molecule has 0 fully saturated rings. The summed E-state index contributed by atoms with van der Waals surface area (Å²) in [4.78, 5) is 39.8. The van der Waals surface area contributed by atoms with E-state index in [2.05, 4.69) is 5.32 Å². The van der Waals surface area contributed by atoms with Gasteiger partial charge in [0.15, 0.2) is 0 Å². The number of rotatable bonds is 6. The van der Waals surface area contributed by atoms with Crippen LogP contribution in [0.5, 0.6) is 0 Å². The van der Waals surface area contributed by atoms with Crippen LogP contribution >= 0.6 is 11.3 Å². The van der Waals surface area contributed by atoms with Crippen molar-refractivity contribution in [2.24, 2.45) is 0 Å². The summed E-state index contributed by atoms with van der Waals surface area (Å²) in [6.45, 7) is 6.85. The van der Waals surface area contributed by atoms with Crippen molar-refractivity contribution in [2.75, 3.05) is 25.1 Å². The zero-order chi connectivity index (χ0) is 21.7. The molecule has 1 N–H and O–H groups in total. The molecule has 0 unspecified atom stereocenters. The number of hydrogen-bond acceptors (Lipinski definition) is 6. The molecule has 0 radical (unpaired) electrons. The molecule has 3 rings (SSSR count). The van der Waals surface area contributed by atoms with E-state index < -0.39 is 5.97 Å². The molecule has 2 aromatic rings. The van der Waals surface area contributed by atoms with Crippen LogP contribution in [0.1, 0.15) is 45.8 Å². The molecule has 1 aliphatic rings. The molecule has 0 saturated heterocycles. The van der Waals surface area contributed by atoms with Crippen molar-refractivity contribution in [3.05, 3.63) is 51.4 Å². The molecule has 0 saturated carbocycles. The molecule has 1 aliphatic heterocycles. The van der Waals surface area contributed by atoms with Crippen LogP contribution in [0.2, 0.25) is 0 Å². The third kappa shape index (κ3) is 4.99. The Hall–Kier alpha value is -2.87. The van der Waals surface area contributed by atoms with E-state index in [9.17, 15) is 14.4 Å². The standard InChI is InChI=1S/C22H26N2O5S/c1-4-28-21(26)19-16-10-11-24(22(27)29-5-2)13-17(16)30-20(19)23-18(25)12-15-8-6-14(3)7-9-15/h6-9H,4-5,10-13H2,1-3H3,(H,23,25). The molecule has 1 aromatic heterocycles. The number of thiophene rings is 1. The van der Waals surface area contributed by atoms with Crippen LogP contribution in [0, 0.1) is 6.92 Å². The molecule has 8 heteroatoms. The number of benzene rings is 1. The van der Waals surface area contributed by atoms with Crippen molar-refractivity contribution < 1.29 is 23.9 Å². The summed E-state index contributed by atoms with van der Waals surface area (Å²) in [5.41, 5.74) is 3.26. The minimum absolute atomic E-state index is 0.203. The largest absolute Gasteiger partial charge is 0.462 e. The lowest BCUT2D eigenvalue weighted by Gasteiger charge is -2.26. The molecular formula is C22H26N2O5S. The molecule has 0 spiro atoms. The van der Waals surface area contributed by atoms with E-state index in [1.165, 1.54) is 11.3 Å².